The first-order chi connectivity index (χ1) is 13.0. The number of nitrogens with zero attached hydrogens (tertiary/aromatic N) is 1. The Morgan fingerprint density at radius 2 is 1.89 bits per heavy atom. The fourth-order valence-corrected chi connectivity index (χ4v) is 3.63. The van der Waals surface area contributed by atoms with E-state index < -0.39 is 18.2 Å². The van der Waals surface area contributed by atoms with Crippen molar-refractivity contribution >= 4 is 23.5 Å². The molecule has 2 aromatic rings. The third kappa shape index (κ3) is 2.97. The zero-order chi connectivity index (χ0) is 19.1. The van der Waals surface area contributed by atoms with Crippen LogP contribution < -0.4 is 5.32 Å². The molecule has 1 fully saturated rings. The number of anilines is 1. The molecule has 138 valence electrons. The number of fused-ring (bicyclic) bond motifs is 1. The predicted molar refractivity (Wildman–Crippen MR) is 99.0 cm³/mol. The zero-order valence-electron chi connectivity index (χ0n) is 15.2. The molecule has 1 unspecified atom stereocenters. The Labute approximate surface area is 157 Å². The molecule has 2 heterocycles. The van der Waals surface area contributed by atoms with Crippen molar-refractivity contribution < 1.29 is 19.1 Å². The van der Waals surface area contributed by atoms with Gasteiger partial charge in [0.2, 0.25) is 18.0 Å². The lowest BCUT2D eigenvalue weighted by atomic mass is 10.1. The highest BCUT2D eigenvalue weighted by atomic mass is 16.6. The molecule has 2 aliphatic rings. The van der Waals surface area contributed by atoms with Gasteiger partial charge >= 0.3 is 5.97 Å². The highest BCUT2D eigenvalue weighted by molar-refractivity contribution is 6.00. The van der Waals surface area contributed by atoms with E-state index in [4.69, 9.17) is 4.74 Å². The van der Waals surface area contributed by atoms with E-state index in [0.717, 1.165) is 11.1 Å². The van der Waals surface area contributed by atoms with Crippen molar-refractivity contribution in [2.24, 2.45) is 0 Å². The van der Waals surface area contributed by atoms with Crippen LogP contribution in [0, 0.1) is 13.8 Å². The number of hydrogen-bond donors (Lipinski definition) is 1. The normalized spacial score (nSPS) is 21.2. The first-order valence-corrected chi connectivity index (χ1v) is 8.95. The molecule has 2 aromatic carbocycles. The molecule has 2 amide bonds. The maximum absolute atomic E-state index is 12.9. The van der Waals surface area contributed by atoms with Crippen LogP contribution in [0.25, 0.3) is 0 Å². The number of aryl methyl sites for hydroxylation is 2. The second-order valence-electron chi connectivity index (χ2n) is 6.99. The molecule has 1 saturated heterocycles. The van der Waals surface area contributed by atoms with E-state index in [-0.39, 0.29) is 18.2 Å². The highest BCUT2D eigenvalue weighted by Crippen LogP contribution is 2.38. The zero-order valence-corrected chi connectivity index (χ0v) is 15.2. The van der Waals surface area contributed by atoms with E-state index in [0.29, 0.717) is 23.2 Å². The molecule has 1 N–H and O–H groups in total. The molecular formula is C21H20N2O4. The van der Waals surface area contributed by atoms with Crippen LogP contribution in [0.2, 0.25) is 0 Å². The van der Waals surface area contributed by atoms with Crippen molar-refractivity contribution in [3.63, 3.8) is 0 Å². The minimum Gasteiger partial charge on any atom is -0.433 e. The third-order valence-electron chi connectivity index (χ3n) is 5.25. The number of carbonyl (C=O) groups excluding carboxylic acids is 3. The molecule has 0 bridgehead atoms. The monoisotopic (exact) mass is 364 g/mol. The number of carbonyl (C=O) groups is 3. The average Bonchev–Trinajstić information content (AvgIpc) is 3.19. The van der Waals surface area contributed by atoms with E-state index in [1.807, 2.05) is 32.0 Å². The Hall–Kier alpha value is -3.15. The molecule has 2 aliphatic heterocycles. The summed E-state index contributed by atoms with van der Waals surface area (Å²) in [4.78, 5) is 38.9. The van der Waals surface area contributed by atoms with Crippen molar-refractivity contribution in [1.82, 2.24) is 4.90 Å². The lowest BCUT2D eigenvalue weighted by molar-refractivity contribution is -0.144. The SMILES string of the molecule is Cc1ccc(NC(=O)[C@@H]2CCC(=O)N2C2OC(=O)c3ccccc32)cc1C. The van der Waals surface area contributed by atoms with Gasteiger partial charge < -0.3 is 10.1 Å². The second-order valence-corrected chi connectivity index (χ2v) is 6.99. The first kappa shape index (κ1) is 17.3. The summed E-state index contributed by atoms with van der Waals surface area (Å²) >= 11 is 0. The van der Waals surface area contributed by atoms with Gasteiger partial charge in [-0.1, -0.05) is 24.3 Å². The van der Waals surface area contributed by atoms with Gasteiger partial charge in [-0.15, -0.1) is 0 Å². The van der Waals surface area contributed by atoms with E-state index in [1.165, 1.54) is 4.90 Å². The number of hydrogen-bond acceptors (Lipinski definition) is 4. The molecule has 0 spiro atoms. The minimum absolute atomic E-state index is 0.190. The van der Waals surface area contributed by atoms with Crippen molar-refractivity contribution in [3.8, 4) is 0 Å². The highest BCUT2D eigenvalue weighted by Gasteiger charge is 2.46. The number of rotatable bonds is 3. The van der Waals surface area contributed by atoms with Gasteiger partial charge in [0.25, 0.3) is 0 Å². The molecule has 0 saturated carbocycles. The minimum atomic E-state index is -0.848. The number of cyclic esters (lactones) is 1. The van der Waals surface area contributed by atoms with Gasteiger partial charge in [-0.05, 0) is 49.6 Å². The maximum Gasteiger partial charge on any atom is 0.340 e. The predicted octanol–water partition coefficient (Wildman–Crippen LogP) is 3.10. The van der Waals surface area contributed by atoms with Gasteiger partial charge in [0.15, 0.2) is 0 Å². The van der Waals surface area contributed by atoms with Crippen molar-refractivity contribution in [3.05, 3.63) is 64.7 Å². The van der Waals surface area contributed by atoms with Crippen LogP contribution >= 0.6 is 0 Å². The maximum atomic E-state index is 12.9. The summed E-state index contributed by atoms with van der Waals surface area (Å²) in [5.41, 5.74) is 3.97. The van der Waals surface area contributed by atoms with Gasteiger partial charge in [0.1, 0.15) is 6.04 Å². The van der Waals surface area contributed by atoms with Crippen molar-refractivity contribution in [2.45, 2.75) is 39.0 Å². The van der Waals surface area contributed by atoms with Crippen LogP contribution in [-0.4, -0.2) is 28.7 Å². The number of esters is 1. The number of nitrogens with one attached hydrogen (secondary N) is 1. The molecule has 0 aliphatic carbocycles. The number of ether oxygens (including phenoxy) is 1. The van der Waals surface area contributed by atoms with Gasteiger partial charge in [-0.2, -0.15) is 0 Å². The van der Waals surface area contributed by atoms with Crippen LogP contribution in [0.1, 0.15) is 46.1 Å². The average molecular weight is 364 g/mol. The van der Waals surface area contributed by atoms with Crippen LogP contribution in [-0.2, 0) is 14.3 Å². The molecule has 2 atom stereocenters. The van der Waals surface area contributed by atoms with Crippen LogP contribution in [0.5, 0.6) is 0 Å². The molecule has 6 heteroatoms. The van der Waals surface area contributed by atoms with Gasteiger partial charge in [0, 0.05) is 17.7 Å². The summed E-state index contributed by atoms with van der Waals surface area (Å²) in [6, 6.07) is 12.0. The molecular weight excluding hydrogens is 344 g/mol. The first-order valence-electron chi connectivity index (χ1n) is 8.95. The summed E-state index contributed by atoms with van der Waals surface area (Å²) in [5, 5.41) is 2.89. The summed E-state index contributed by atoms with van der Waals surface area (Å²) in [7, 11) is 0. The van der Waals surface area contributed by atoms with E-state index in [9.17, 15) is 14.4 Å². The Morgan fingerprint density at radius 1 is 1.11 bits per heavy atom. The smallest absolute Gasteiger partial charge is 0.340 e. The fourth-order valence-electron chi connectivity index (χ4n) is 3.63. The Morgan fingerprint density at radius 3 is 2.67 bits per heavy atom. The van der Waals surface area contributed by atoms with E-state index in [2.05, 4.69) is 5.32 Å². The number of likely N-dealkylation sites (tertiary alicyclic amines) is 1. The van der Waals surface area contributed by atoms with E-state index in [1.54, 1.807) is 24.3 Å². The molecule has 6 nitrogen and oxygen atoms in total. The summed E-state index contributed by atoms with van der Waals surface area (Å²) in [5.74, 6) is -0.933. The van der Waals surface area contributed by atoms with E-state index >= 15 is 0 Å². The second kappa shape index (κ2) is 6.54. The summed E-state index contributed by atoms with van der Waals surface area (Å²) < 4.78 is 5.44. The molecule has 0 radical (unpaired) electrons. The number of benzene rings is 2. The third-order valence-corrected chi connectivity index (χ3v) is 5.25. The topological polar surface area (TPSA) is 75.7 Å². The van der Waals surface area contributed by atoms with Crippen molar-refractivity contribution in [2.75, 3.05) is 5.32 Å². The van der Waals surface area contributed by atoms with Crippen LogP contribution in [0.3, 0.4) is 0 Å². The van der Waals surface area contributed by atoms with Crippen LogP contribution in [0.15, 0.2) is 42.5 Å². The summed E-state index contributed by atoms with van der Waals surface area (Å²) in [6.45, 7) is 3.98. The summed E-state index contributed by atoms with van der Waals surface area (Å²) in [6.07, 6.45) is -0.202. The fraction of sp³-hybridized carbons (Fsp3) is 0.286. The Balaban J connectivity index is 1.59. The Kier molecular flexibility index (Phi) is 4.18. The quantitative estimate of drug-likeness (QED) is 0.849. The van der Waals surface area contributed by atoms with Crippen LogP contribution in [0.4, 0.5) is 5.69 Å². The largest absolute Gasteiger partial charge is 0.433 e. The standard InChI is InChI=1S/C21H20N2O4/c1-12-7-8-14(11-13(12)2)22-19(25)17-9-10-18(24)23(17)20-15-5-3-4-6-16(15)21(26)27-20/h3-8,11,17,20H,9-10H2,1-2H3,(H,22,25)/t17-,20?/m0/s1. The lowest BCUT2D eigenvalue weighted by Crippen LogP contribution is -2.43. The van der Waals surface area contributed by atoms with Gasteiger partial charge in [-0.25, -0.2) is 4.79 Å². The molecule has 4 rings (SSSR count). The number of amides is 2. The van der Waals surface area contributed by atoms with Crippen molar-refractivity contribution in [1.29, 1.82) is 0 Å². The van der Waals surface area contributed by atoms with Gasteiger partial charge in [-0.3, -0.25) is 14.5 Å². The molecule has 0 aromatic heterocycles. The molecule has 27 heavy (non-hydrogen) atoms. The van der Waals surface area contributed by atoms with Gasteiger partial charge in [0.05, 0.1) is 5.56 Å². The lowest BCUT2D eigenvalue weighted by Gasteiger charge is -2.29. The Bertz CT molecular complexity index is 953.